The van der Waals surface area contributed by atoms with Gasteiger partial charge in [-0.1, -0.05) is 0 Å². The molecule has 5 fully saturated rings. The van der Waals surface area contributed by atoms with Gasteiger partial charge in [-0.15, -0.1) is 0 Å². The van der Waals surface area contributed by atoms with Gasteiger partial charge in [-0.3, -0.25) is 0 Å². The summed E-state index contributed by atoms with van der Waals surface area (Å²) in [6.45, 7) is 2.62. The van der Waals surface area contributed by atoms with Crippen LogP contribution in [0.2, 0.25) is 0 Å². The van der Waals surface area contributed by atoms with E-state index in [2.05, 4.69) is 5.32 Å². The van der Waals surface area contributed by atoms with Gasteiger partial charge in [0.05, 0.1) is 0 Å². The van der Waals surface area contributed by atoms with Gasteiger partial charge in [0.25, 0.3) is 0 Å². The lowest BCUT2D eigenvalue weighted by Gasteiger charge is -2.57. The molecule has 1 N–H and O–H groups in total. The van der Waals surface area contributed by atoms with Crippen LogP contribution in [0.3, 0.4) is 0 Å². The summed E-state index contributed by atoms with van der Waals surface area (Å²) in [6.07, 6.45) is 14.0. The SMILES string of the molecule is C(CC12CC3CC(CC(C3)C1)C2)NCC1CC1. The Morgan fingerprint density at radius 2 is 1.47 bits per heavy atom. The molecule has 5 aliphatic rings. The maximum absolute atomic E-state index is 3.72. The monoisotopic (exact) mass is 233 g/mol. The second-order valence-electron chi connectivity index (χ2n) is 7.82. The van der Waals surface area contributed by atoms with E-state index in [1.54, 1.807) is 38.5 Å². The highest BCUT2D eigenvalue weighted by Crippen LogP contribution is 2.61. The zero-order valence-corrected chi connectivity index (χ0v) is 11.1. The van der Waals surface area contributed by atoms with Crippen molar-refractivity contribution < 1.29 is 0 Å². The van der Waals surface area contributed by atoms with E-state index < -0.39 is 0 Å². The summed E-state index contributed by atoms with van der Waals surface area (Å²) < 4.78 is 0. The predicted octanol–water partition coefficient (Wildman–Crippen LogP) is 3.59. The Balaban J connectivity index is 1.32. The van der Waals surface area contributed by atoms with Crippen LogP contribution in [0.5, 0.6) is 0 Å². The largest absolute Gasteiger partial charge is 0.316 e. The quantitative estimate of drug-likeness (QED) is 0.716. The molecule has 5 aliphatic carbocycles. The highest BCUT2D eigenvalue weighted by atomic mass is 14.9. The fraction of sp³-hybridized carbons (Fsp3) is 1.00. The summed E-state index contributed by atoms with van der Waals surface area (Å²) in [5, 5.41) is 3.72. The second-order valence-corrected chi connectivity index (χ2v) is 7.82. The molecule has 0 radical (unpaired) electrons. The number of hydrogen-bond donors (Lipinski definition) is 1. The first-order valence-electron chi connectivity index (χ1n) is 8.02. The Bertz CT molecular complexity index is 257. The summed E-state index contributed by atoms with van der Waals surface area (Å²) in [6, 6.07) is 0. The molecular weight excluding hydrogens is 206 g/mol. The van der Waals surface area contributed by atoms with E-state index in [0.717, 1.165) is 29.1 Å². The molecular formula is C16H27N. The Morgan fingerprint density at radius 1 is 0.882 bits per heavy atom. The molecule has 0 aromatic carbocycles. The molecule has 0 spiro atoms. The van der Waals surface area contributed by atoms with E-state index in [0.29, 0.717) is 0 Å². The minimum absolute atomic E-state index is 0.797. The molecule has 4 bridgehead atoms. The van der Waals surface area contributed by atoms with Gasteiger partial charge >= 0.3 is 0 Å². The van der Waals surface area contributed by atoms with Gasteiger partial charge < -0.3 is 5.32 Å². The van der Waals surface area contributed by atoms with E-state index in [1.165, 1.54) is 32.4 Å². The molecule has 1 nitrogen and oxygen atoms in total. The smallest absolute Gasteiger partial charge is 0.00205 e. The van der Waals surface area contributed by atoms with Crippen molar-refractivity contribution in [2.75, 3.05) is 13.1 Å². The van der Waals surface area contributed by atoms with Crippen LogP contribution in [0.15, 0.2) is 0 Å². The number of rotatable bonds is 5. The lowest BCUT2D eigenvalue weighted by Crippen LogP contribution is -2.47. The Hall–Kier alpha value is -0.0400. The van der Waals surface area contributed by atoms with Gasteiger partial charge in [0.15, 0.2) is 0 Å². The molecule has 96 valence electrons. The normalized spacial score (nSPS) is 47.6. The number of nitrogens with one attached hydrogen (secondary N) is 1. The molecule has 0 aromatic rings. The van der Waals surface area contributed by atoms with Crippen LogP contribution >= 0.6 is 0 Å². The van der Waals surface area contributed by atoms with Crippen LogP contribution in [-0.2, 0) is 0 Å². The maximum Gasteiger partial charge on any atom is -0.00205 e. The van der Waals surface area contributed by atoms with Crippen molar-refractivity contribution >= 4 is 0 Å². The van der Waals surface area contributed by atoms with Crippen molar-refractivity contribution in [3.63, 3.8) is 0 Å². The lowest BCUT2D eigenvalue weighted by molar-refractivity contribution is -0.0567. The third-order valence-corrected chi connectivity index (χ3v) is 6.13. The zero-order chi connectivity index (χ0) is 11.3. The predicted molar refractivity (Wildman–Crippen MR) is 70.8 cm³/mol. The van der Waals surface area contributed by atoms with Crippen molar-refractivity contribution in [3.05, 3.63) is 0 Å². The summed E-state index contributed by atoms with van der Waals surface area (Å²) in [7, 11) is 0. The maximum atomic E-state index is 3.72. The molecule has 5 saturated carbocycles. The van der Waals surface area contributed by atoms with E-state index in [-0.39, 0.29) is 0 Å². The fourth-order valence-corrected chi connectivity index (χ4v) is 5.58. The second kappa shape index (κ2) is 3.98. The molecule has 0 amide bonds. The Kier molecular flexibility index (Phi) is 2.54. The van der Waals surface area contributed by atoms with Crippen molar-refractivity contribution in [2.45, 2.75) is 57.8 Å². The van der Waals surface area contributed by atoms with E-state index in [9.17, 15) is 0 Å². The zero-order valence-electron chi connectivity index (χ0n) is 11.1. The lowest BCUT2D eigenvalue weighted by atomic mass is 9.49. The van der Waals surface area contributed by atoms with Gasteiger partial charge in [0, 0.05) is 0 Å². The van der Waals surface area contributed by atoms with Crippen LogP contribution in [0.1, 0.15) is 57.8 Å². The van der Waals surface area contributed by atoms with Gasteiger partial charge in [-0.05, 0) is 100.0 Å². The van der Waals surface area contributed by atoms with Gasteiger partial charge in [0.2, 0.25) is 0 Å². The van der Waals surface area contributed by atoms with Crippen LogP contribution in [0.25, 0.3) is 0 Å². The third-order valence-electron chi connectivity index (χ3n) is 6.13. The topological polar surface area (TPSA) is 12.0 Å². The van der Waals surface area contributed by atoms with E-state index in [4.69, 9.17) is 0 Å². The van der Waals surface area contributed by atoms with Crippen molar-refractivity contribution in [2.24, 2.45) is 29.1 Å². The summed E-state index contributed by atoms with van der Waals surface area (Å²) >= 11 is 0. The summed E-state index contributed by atoms with van der Waals surface area (Å²) in [5.74, 6) is 4.44. The first-order chi connectivity index (χ1) is 8.31. The number of hydrogen-bond acceptors (Lipinski definition) is 1. The summed E-state index contributed by atoms with van der Waals surface area (Å²) in [5.41, 5.74) is 0.797. The first-order valence-corrected chi connectivity index (χ1v) is 8.02. The minimum Gasteiger partial charge on any atom is -0.316 e. The molecule has 1 heteroatoms. The third kappa shape index (κ3) is 2.16. The average molecular weight is 233 g/mol. The molecule has 5 rings (SSSR count). The first kappa shape index (κ1) is 10.8. The van der Waals surface area contributed by atoms with Crippen LogP contribution in [0, 0.1) is 29.1 Å². The van der Waals surface area contributed by atoms with Crippen molar-refractivity contribution in [1.82, 2.24) is 5.32 Å². The highest BCUT2D eigenvalue weighted by Gasteiger charge is 2.50. The molecule has 0 saturated heterocycles. The Morgan fingerprint density at radius 3 is 2.00 bits per heavy atom. The van der Waals surface area contributed by atoms with E-state index in [1.807, 2.05) is 0 Å². The molecule has 0 aliphatic heterocycles. The standard InChI is InChI=1S/C16H27N/c1-2-12(1)11-17-4-3-16-8-13-5-14(9-16)7-15(6-13)10-16/h12-15,17H,1-11H2. The van der Waals surface area contributed by atoms with Gasteiger partial charge in [0.1, 0.15) is 0 Å². The van der Waals surface area contributed by atoms with Crippen LogP contribution < -0.4 is 5.32 Å². The summed E-state index contributed by atoms with van der Waals surface area (Å²) in [4.78, 5) is 0. The van der Waals surface area contributed by atoms with Crippen molar-refractivity contribution in [1.29, 1.82) is 0 Å². The van der Waals surface area contributed by atoms with Gasteiger partial charge in [-0.2, -0.15) is 0 Å². The molecule has 0 heterocycles. The fourth-order valence-electron chi connectivity index (χ4n) is 5.58. The molecule has 17 heavy (non-hydrogen) atoms. The van der Waals surface area contributed by atoms with E-state index >= 15 is 0 Å². The molecule has 0 aromatic heterocycles. The van der Waals surface area contributed by atoms with Crippen LogP contribution in [-0.4, -0.2) is 13.1 Å². The highest BCUT2D eigenvalue weighted by molar-refractivity contribution is 5.01. The van der Waals surface area contributed by atoms with Crippen molar-refractivity contribution in [3.8, 4) is 0 Å². The molecule has 0 atom stereocenters. The minimum atomic E-state index is 0.797. The molecule has 0 unspecified atom stereocenters. The van der Waals surface area contributed by atoms with Crippen LogP contribution in [0.4, 0.5) is 0 Å². The van der Waals surface area contributed by atoms with Gasteiger partial charge in [-0.25, -0.2) is 0 Å². The average Bonchev–Trinajstić information content (AvgIpc) is 3.06. The Labute approximate surface area is 106 Å².